The van der Waals surface area contributed by atoms with E-state index in [1.54, 1.807) is 25.3 Å². The number of anilines is 1. The molecule has 2 amide bonds. The molecule has 0 heterocycles. The summed E-state index contributed by atoms with van der Waals surface area (Å²) < 4.78 is 32.2. The van der Waals surface area contributed by atoms with Gasteiger partial charge in [0, 0.05) is 19.5 Å². The zero-order chi connectivity index (χ0) is 29.1. The van der Waals surface area contributed by atoms with E-state index in [-0.39, 0.29) is 18.9 Å². The zero-order valence-corrected chi connectivity index (χ0v) is 24.5. The third-order valence-electron chi connectivity index (χ3n) is 6.62. The van der Waals surface area contributed by atoms with Gasteiger partial charge in [0.25, 0.3) is 0 Å². The fourth-order valence-corrected chi connectivity index (χ4v) is 5.25. The van der Waals surface area contributed by atoms with E-state index >= 15 is 0 Å². The maximum Gasteiger partial charge on any atom is 0.244 e. The Morgan fingerprint density at radius 2 is 1.57 bits per heavy atom. The normalized spacial score (nSPS) is 11.9. The van der Waals surface area contributed by atoms with Crippen LogP contribution in [0, 0.1) is 0 Å². The number of nitrogens with one attached hydrogen (secondary N) is 1. The van der Waals surface area contributed by atoms with Crippen molar-refractivity contribution in [2.75, 3.05) is 30.8 Å². The summed E-state index contributed by atoms with van der Waals surface area (Å²) in [6, 6.07) is 23.0. The Hall–Kier alpha value is -3.85. The number of amides is 2. The van der Waals surface area contributed by atoms with Crippen LogP contribution in [0.25, 0.3) is 0 Å². The Morgan fingerprint density at radius 1 is 0.900 bits per heavy atom. The number of carbonyl (C=O) groups excluding carboxylic acids is 2. The number of benzene rings is 3. The van der Waals surface area contributed by atoms with Gasteiger partial charge in [-0.15, -0.1) is 0 Å². The van der Waals surface area contributed by atoms with E-state index in [1.165, 1.54) is 4.90 Å². The monoisotopic (exact) mass is 565 g/mol. The van der Waals surface area contributed by atoms with E-state index < -0.39 is 28.5 Å². The molecule has 0 aliphatic carbocycles. The van der Waals surface area contributed by atoms with Gasteiger partial charge in [0.2, 0.25) is 21.8 Å². The van der Waals surface area contributed by atoms with Gasteiger partial charge in [-0.2, -0.15) is 0 Å². The fraction of sp³-hybridized carbons (Fsp3) is 0.355. The number of rotatable bonds is 14. The Labute approximate surface area is 238 Å². The molecule has 9 heteroatoms. The van der Waals surface area contributed by atoms with Gasteiger partial charge in [-0.3, -0.25) is 13.9 Å². The van der Waals surface area contributed by atoms with Gasteiger partial charge in [0.1, 0.15) is 18.3 Å². The molecule has 3 aromatic carbocycles. The first kappa shape index (κ1) is 30.7. The van der Waals surface area contributed by atoms with Gasteiger partial charge in [0.05, 0.1) is 19.1 Å². The first-order valence-corrected chi connectivity index (χ1v) is 15.3. The Balaban J connectivity index is 2.04. The molecule has 0 unspecified atom stereocenters. The molecule has 1 N–H and O–H groups in total. The van der Waals surface area contributed by atoms with E-state index in [0.717, 1.165) is 40.1 Å². The molecule has 1 atom stereocenters. The first-order valence-electron chi connectivity index (χ1n) is 13.5. The summed E-state index contributed by atoms with van der Waals surface area (Å²) in [5.41, 5.74) is 3.09. The molecule has 3 aromatic rings. The molecular formula is C31H39N3O5S. The lowest BCUT2D eigenvalue weighted by molar-refractivity contribution is -0.140. The van der Waals surface area contributed by atoms with Crippen molar-refractivity contribution in [3.8, 4) is 5.75 Å². The highest BCUT2D eigenvalue weighted by Gasteiger charge is 2.33. The summed E-state index contributed by atoms with van der Waals surface area (Å²) >= 11 is 0. The topological polar surface area (TPSA) is 96.0 Å². The quantitative estimate of drug-likeness (QED) is 0.316. The minimum absolute atomic E-state index is 0.0967. The van der Waals surface area contributed by atoms with Crippen LogP contribution >= 0.6 is 0 Å². The average molecular weight is 566 g/mol. The van der Waals surface area contributed by atoms with Crippen molar-refractivity contribution in [2.24, 2.45) is 0 Å². The van der Waals surface area contributed by atoms with Crippen LogP contribution in [0.1, 0.15) is 37.0 Å². The smallest absolute Gasteiger partial charge is 0.244 e. The molecule has 0 radical (unpaired) electrons. The molecule has 0 bridgehead atoms. The van der Waals surface area contributed by atoms with Crippen molar-refractivity contribution in [3.63, 3.8) is 0 Å². The molecule has 0 saturated heterocycles. The van der Waals surface area contributed by atoms with E-state index in [0.29, 0.717) is 18.0 Å². The van der Waals surface area contributed by atoms with Gasteiger partial charge >= 0.3 is 0 Å². The van der Waals surface area contributed by atoms with Crippen molar-refractivity contribution in [2.45, 2.75) is 45.7 Å². The molecule has 0 saturated carbocycles. The SMILES string of the molecule is CCCNC(=O)[C@H](Cc1ccccc1)N(Cc1cccc(OC)c1)C(=O)CN(c1ccc(CC)cc1)S(C)(=O)=O. The van der Waals surface area contributed by atoms with E-state index in [4.69, 9.17) is 4.74 Å². The average Bonchev–Trinajstić information content (AvgIpc) is 2.96. The lowest BCUT2D eigenvalue weighted by atomic mass is 10.0. The number of ether oxygens (including phenoxy) is 1. The second kappa shape index (κ2) is 14.5. The number of hydrogen-bond acceptors (Lipinski definition) is 5. The molecule has 0 fully saturated rings. The summed E-state index contributed by atoms with van der Waals surface area (Å²) in [5.74, 6) is -0.158. The molecule has 0 spiro atoms. The number of methoxy groups -OCH3 is 1. The third kappa shape index (κ3) is 8.58. The van der Waals surface area contributed by atoms with Crippen LogP contribution in [0.5, 0.6) is 5.75 Å². The van der Waals surface area contributed by atoms with E-state index in [9.17, 15) is 18.0 Å². The standard InChI is InChI=1S/C31H39N3O5S/c1-5-19-32-31(36)29(21-25-11-8-7-9-12-25)33(22-26-13-10-14-28(20-26)39-3)30(35)23-34(40(4,37)38)27-17-15-24(6-2)16-18-27/h7-18,20,29H,5-6,19,21-23H2,1-4H3,(H,32,36)/t29-/m0/s1. The van der Waals surface area contributed by atoms with Crippen molar-refractivity contribution in [1.82, 2.24) is 10.2 Å². The van der Waals surface area contributed by atoms with Crippen LogP contribution in [0.15, 0.2) is 78.9 Å². The predicted octanol–water partition coefficient (Wildman–Crippen LogP) is 4.19. The summed E-state index contributed by atoms with van der Waals surface area (Å²) in [5, 5.41) is 2.93. The Kier molecular flexibility index (Phi) is 11.1. The van der Waals surface area contributed by atoms with E-state index in [1.807, 2.05) is 74.5 Å². The molecular weight excluding hydrogens is 526 g/mol. The van der Waals surface area contributed by atoms with Gasteiger partial charge in [-0.05, 0) is 53.8 Å². The molecule has 40 heavy (non-hydrogen) atoms. The number of carbonyl (C=O) groups is 2. The molecule has 0 aromatic heterocycles. The van der Waals surface area contributed by atoms with Gasteiger partial charge in [-0.1, -0.05) is 68.4 Å². The summed E-state index contributed by atoms with van der Waals surface area (Å²) in [4.78, 5) is 29.1. The lowest BCUT2D eigenvalue weighted by Crippen LogP contribution is -2.53. The van der Waals surface area contributed by atoms with Gasteiger partial charge < -0.3 is 15.0 Å². The summed E-state index contributed by atoms with van der Waals surface area (Å²) in [7, 11) is -2.24. The van der Waals surface area contributed by atoms with Crippen LogP contribution in [-0.2, 0) is 39.0 Å². The largest absolute Gasteiger partial charge is 0.497 e. The maximum atomic E-state index is 14.1. The minimum Gasteiger partial charge on any atom is -0.497 e. The molecule has 214 valence electrons. The molecule has 0 aliphatic rings. The van der Waals surface area contributed by atoms with Crippen molar-refractivity contribution < 1.29 is 22.7 Å². The van der Waals surface area contributed by atoms with Crippen LogP contribution in [0.4, 0.5) is 5.69 Å². The van der Waals surface area contributed by atoms with Crippen LogP contribution in [-0.4, -0.2) is 57.6 Å². The van der Waals surface area contributed by atoms with Gasteiger partial charge in [-0.25, -0.2) is 8.42 Å². The van der Waals surface area contributed by atoms with Crippen molar-refractivity contribution in [1.29, 1.82) is 0 Å². The molecule has 0 aliphatic heterocycles. The second-order valence-electron chi connectivity index (χ2n) is 9.66. The Bertz CT molecular complexity index is 1360. The van der Waals surface area contributed by atoms with Crippen molar-refractivity contribution in [3.05, 3.63) is 95.6 Å². The molecule has 3 rings (SSSR count). The maximum absolute atomic E-state index is 14.1. The Morgan fingerprint density at radius 3 is 2.17 bits per heavy atom. The highest BCUT2D eigenvalue weighted by Crippen LogP contribution is 2.22. The van der Waals surface area contributed by atoms with Gasteiger partial charge in [0.15, 0.2) is 0 Å². The highest BCUT2D eigenvalue weighted by molar-refractivity contribution is 7.92. The number of hydrogen-bond donors (Lipinski definition) is 1. The summed E-state index contributed by atoms with van der Waals surface area (Å²) in [6.07, 6.45) is 2.90. The lowest BCUT2D eigenvalue weighted by Gasteiger charge is -2.33. The number of aryl methyl sites for hydroxylation is 1. The molecule has 8 nitrogen and oxygen atoms in total. The minimum atomic E-state index is -3.80. The number of sulfonamides is 1. The van der Waals surface area contributed by atoms with Crippen molar-refractivity contribution >= 4 is 27.5 Å². The summed E-state index contributed by atoms with van der Waals surface area (Å²) in [6.45, 7) is 4.09. The zero-order valence-electron chi connectivity index (χ0n) is 23.7. The fourth-order valence-electron chi connectivity index (χ4n) is 4.40. The van der Waals surface area contributed by atoms with Crippen LogP contribution < -0.4 is 14.4 Å². The van der Waals surface area contributed by atoms with E-state index in [2.05, 4.69) is 5.32 Å². The van der Waals surface area contributed by atoms with Crippen LogP contribution in [0.3, 0.4) is 0 Å². The highest BCUT2D eigenvalue weighted by atomic mass is 32.2. The third-order valence-corrected chi connectivity index (χ3v) is 7.76. The number of nitrogens with zero attached hydrogens (tertiary/aromatic N) is 2. The predicted molar refractivity (Wildman–Crippen MR) is 159 cm³/mol. The van der Waals surface area contributed by atoms with Crippen LogP contribution in [0.2, 0.25) is 0 Å². The first-order chi connectivity index (χ1) is 19.2. The second-order valence-corrected chi connectivity index (χ2v) is 11.6.